The molecule has 1 aromatic carbocycles. The first-order chi connectivity index (χ1) is 11.4. The van der Waals surface area contributed by atoms with Crippen LogP contribution in [0.25, 0.3) is 0 Å². The van der Waals surface area contributed by atoms with Crippen LogP contribution in [0.1, 0.15) is 58.6 Å². The van der Waals surface area contributed by atoms with Crippen molar-refractivity contribution in [2.24, 2.45) is 0 Å². The normalized spacial score (nSPS) is 14.1. The second-order valence-corrected chi connectivity index (χ2v) is 8.23. The molecule has 140 valence electrons. The van der Waals surface area contributed by atoms with Crippen molar-refractivity contribution < 1.29 is 14.5 Å². The molecule has 0 saturated carbocycles. The van der Waals surface area contributed by atoms with Gasteiger partial charge in [0.25, 0.3) is 11.8 Å². The molecule has 1 aromatic rings. The van der Waals surface area contributed by atoms with E-state index < -0.39 is 0 Å². The highest BCUT2D eigenvalue weighted by molar-refractivity contribution is 5.95. The van der Waals surface area contributed by atoms with Gasteiger partial charge in [-0.1, -0.05) is 32.0 Å². The van der Waals surface area contributed by atoms with E-state index in [-0.39, 0.29) is 29.9 Å². The van der Waals surface area contributed by atoms with E-state index in [1.165, 1.54) is 0 Å². The van der Waals surface area contributed by atoms with Crippen molar-refractivity contribution in [3.05, 3.63) is 29.3 Å². The van der Waals surface area contributed by atoms with Crippen LogP contribution >= 0.6 is 0 Å². The number of benzene rings is 1. The fourth-order valence-corrected chi connectivity index (χ4v) is 2.67. The van der Waals surface area contributed by atoms with E-state index >= 15 is 0 Å². The van der Waals surface area contributed by atoms with Crippen molar-refractivity contribution >= 4 is 17.5 Å². The third kappa shape index (κ3) is 6.50. The maximum atomic E-state index is 12.7. The van der Waals surface area contributed by atoms with E-state index in [1.54, 1.807) is 0 Å². The van der Waals surface area contributed by atoms with Gasteiger partial charge in [-0.2, -0.15) is 0 Å². The van der Waals surface area contributed by atoms with Gasteiger partial charge >= 0.3 is 0 Å². The van der Waals surface area contributed by atoms with Crippen molar-refractivity contribution in [3.63, 3.8) is 0 Å². The summed E-state index contributed by atoms with van der Waals surface area (Å²) < 4.78 is 0. The average Bonchev–Trinajstić information content (AvgIpc) is 2.45. The molecule has 5 nitrogen and oxygen atoms in total. The highest BCUT2D eigenvalue weighted by atomic mass is 16.2. The van der Waals surface area contributed by atoms with Gasteiger partial charge in [0, 0.05) is 11.2 Å². The number of hydrogen-bond donors (Lipinski definition) is 3. The van der Waals surface area contributed by atoms with Crippen LogP contribution in [-0.2, 0) is 9.59 Å². The van der Waals surface area contributed by atoms with Gasteiger partial charge in [-0.3, -0.25) is 9.59 Å². The molecule has 5 heteroatoms. The minimum Gasteiger partial charge on any atom is -0.347 e. The molecular formula is C20H34N3O2+. The van der Waals surface area contributed by atoms with Crippen molar-refractivity contribution in [2.75, 3.05) is 18.9 Å². The van der Waals surface area contributed by atoms with Gasteiger partial charge in [0.15, 0.2) is 12.6 Å². The molecule has 0 saturated heterocycles. The number of nitrogens with one attached hydrogen (secondary N) is 3. The Morgan fingerprint density at radius 1 is 1.16 bits per heavy atom. The minimum absolute atomic E-state index is 0.0524. The van der Waals surface area contributed by atoms with Crippen molar-refractivity contribution in [1.82, 2.24) is 5.32 Å². The molecule has 0 heterocycles. The van der Waals surface area contributed by atoms with Crippen LogP contribution in [0.5, 0.6) is 0 Å². The number of carbonyl (C=O) groups is 2. The Hall–Kier alpha value is -1.88. The number of hydrogen-bond acceptors (Lipinski definition) is 2. The number of likely N-dealkylation sites (N-methyl/N-ethyl adjacent to an activating group) is 1. The lowest BCUT2D eigenvalue weighted by Gasteiger charge is -2.25. The maximum Gasteiger partial charge on any atom is 0.282 e. The predicted molar refractivity (Wildman–Crippen MR) is 103 cm³/mol. The molecular weight excluding hydrogens is 314 g/mol. The molecule has 0 aliphatic carbocycles. The molecule has 0 spiro atoms. The number of rotatable bonds is 6. The number of carbonyl (C=O) groups excluding carboxylic acids is 2. The lowest BCUT2D eigenvalue weighted by Crippen LogP contribution is -3.15. The first kappa shape index (κ1) is 21.2. The van der Waals surface area contributed by atoms with Gasteiger partial charge in [0.1, 0.15) is 0 Å². The molecule has 0 bridgehead atoms. The van der Waals surface area contributed by atoms with E-state index in [4.69, 9.17) is 0 Å². The summed E-state index contributed by atoms with van der Waals surface area (Å²) in [5.74, 6) is 0.203. The molecule has 0 radical (unpaired) electrons. The highest BCUT2D eigenvalue weighted by Gasteiger charge is 2.26. The molecule has 25 heavy (non-hydrogen) atoms. The maximum absolute atomic E-state index is 12.7. The van der Waals surface area contributed by atoms with Gasteiger partial charge in [0.05, 0.1) is 7.05 Å². The second kappa shape index (κ2) is 8.48. The van der Waals surface area contributed by atoms with Gasteiger partial charge in [0.2, 0.25) is 0 Å². The SMILES string of the molecule is Cc1cccc(C(C)C)c1NC(=O)[C@H](C)[NH+](C)CC(=O)NC(C)(C)C. The summed E-state index contributed by atoms with van der Waals surface area (Å²) in [5.41, 5.74) is 2.80. The van der Waals surface area contributed by atoms with Crippen molar-refractivity contribution in [2.45, 2.75) is 66.0 Å². The Bertz CT molecular complexity index is 618. The fraction of sp³-hybridized carbons (Fsp3) is 0.600. The van der Waals surface area contributed by atoms with Crippen LogP contribution in [0.15, 0.2) is 18.2 Å². The third-order valence-corrected chi connectivity index (χ3v) is 4.26. The topological polar surface area (TPSA) is 62.6 Å². The number of anilines is 1. The van der Waals surface area contributed by atoms with Gasteiger partial charge < -0.3 is 15.5 Å². The summed E-state index contributed by atoms with van der Waals surface area (Å²) in [4.78, 5) is 25.6. The Labute approximate surface area is 152 Å². The molecule has 1 unspecified atom stereocenters. The smallest absolute Gasteiger partial charge is 0.282 e. The average molecular weight is 349 g/mol. The Balaban J connectivity index is 2.79. The van der Waals surface area contributed by atoms with Crippen LogP contribution in [0.3, 0.4) is 0 Å². The first-order valence-electron chi connectivity index (χ1n) is 8.96. The van der Waals surface area contributed by atoms with Gasteiger partial charge in [-0.05, 0) is 51.7 Å². The van der Waals surface area contributed by atoms with Gasteiger partial charge in [-0.15, -0.1) is 0 Å². The van der Waals surface area contributed by atoms with E-state index in [0.717, 1.165) is 21.7 Å². The van der Waals surface area contributed by atoms with E-state index in [9.17, 15) is 9.59 Å². The molecule has 2 amide bonds. The molecule has 0 fully saturated rings. The standard InChI is InChI=1S/C20H33N3O2/c1-13(2)16-11-9-10-14(3)18(16)21-19(25)15(4)23(8)12-17(24)22-20(5,6)7/h9-11,13,15H,12H2,1-8H3,(H,21,25)(H,22,24)/p+1/t15-/m0/s1. The largest absolute Gasteiger partial charge is 0.347 e. The zero-order chi connectivity index (χ0) is 19.4. The second-order valence-electron chi connectivity index (χ2n) is 8.23. The quantitative estimate of drug-likeness (QED) is 0.735. The number of quaternary nitrogens is 1. The lowest BCUT2D eigenvalue weighted by molar-refractivity contribution is -0.885. The number of para-hydroxylation sites is 1. The van der Waals surface area contributed by atoms with E-state index in [2.05, 4.69) is 24.5 Å². The Kier molecular flexibility index (Phi) is 7.17. The van der Waals surface area contributed by atoms with Crippen LogP contribution in [0.4, 0.5) is 5.69 Å². The Morgan fingerprint density at radius 2 is 1.76 bits per heavy atom. The summed E-state index contributed by atoms with van der Waals surface area (Å²) in [6, 6.07) is 5.73. The van der Waals surface area contributed by atoms with Crippen LogP contribution in [0.2, 0.25) is 0 Å². The summed E-state index contributed by atoms with van der Waals surface area (Å²) in [6.07, 6.45) is 0. The third-order valence-electron chi connectivity index (χ3n) is 4.26. The highest BCUT2D eigenvalue weighted by Crippen LogP contribution is 2.27. The van der Waals surface area contributed by atoms with E-state index in [1.807, 2.05) is 59.9 Å². The van der Waals surface area contributed by atoms with Crippen LogP contribution < -0.4 is 15.5 Å². The first-order valence-corrected chi connectivity index (χ1v) is 8.96. The molecule has 0 aromatic heterocycles. The van der Waals surface area contributed by atoms with Crippen LogP contribution in [-0.4, -0.2) is 37.0 Å². The van der Waals surface area contributed by atoms with Gasteiger partial charge in [-0.25, -0.2) is 0 Å². The zero-order valence-corrected chi connectivity index (χ0v) is 16.9. The Morgan fingerprint density at radius 3 is 2.28 bits per heavy atom. The van der Waals surface area contributed by atoms with Crippen molar-refractivity contribution in [1.29, 1.82) is 0 Å². The minimum atomic E-state index is -0.328. The molecule has 0 aliphatic rings. The predicted octanol–water partition coefficient (Wildman–Crippen LogP) is 1.87. The zero-order valence-electron chi connectivity index (χ0n) is 16.9. The lowest BCUT2D eigenvalue weighted by atomic mass is 9.98. The van der Waals surface area contributed by atoms with Crippen molar-refractivity contribution in [3.8, 4) is 0 Å². The summed E-state index contributed by atoms with van der Waals surface area (Å²) in [7, 11) is 1.87. The fourth-order valence-electron chi connectivity index (χ4n) is 2.67. The molecule has 2 atom stereocenters. The monoisotopic (exact) mass is 348 g/mol. The summed E-state index contributed by atoms with van der Waals surface area (Å²) in [5, 5.41) is 6.01. The molecule has 0 aliphatic heterocycles. The van der Waals surface area contributed by atoms with E-state index in [0.29, 0.717) is 5.92 Å². The number of amides is 2. The summed E-state index contributed by atoms with van der Waals surface area (Å²) in [6.45, 7) is 14.2. The van der Waals surface area contributed by atoms with Crippen LogP contribution in [0, 0.1) is 6.92 Å². The summed E-state index contributed by atoms with van der Waals surface area (Å²) >= 11 is 0. The molecule has 3 N–H and O–H groups in total. The molecule has 1 rings (SSSR count). The number of aryl methyl sites for hydroxylation is 1.